The van der Waals surface area contributed by atoms with Gasteiger partial charge in [0.1, 0.15) is 5.75 Å². The minimum atomic E-state index is -0.303. The summed E-state index contributed by atoms with van der Waals surface area (Å²) in [4.78, 5) is 13.3. The van der Waals surface area contributed by atoms with Crippen LogP contribution in [-0.2, 0) is 0 Å². The number of hydrogen-bond acceptors (Lipinski definition) is 3. The number of carbonyl (C=O) groups is 1. The number of nitrogens with one attached hydrogen (secondary N) is 2. The number of phenols is 1. The first kappa shape index (κ1) is 15.2. The molecule has 0 heterocycles. The third-order valence-corrected chi connectivity index (χ3v) is 4.20. The highest BCUT2D eigenvalue weighted by atomic mass is 32.2. The second kappa shape index (κ2) is 6.62. The molecule has 3 N–H and O–H groups in total. The van der Waals surface area contributed by atoms with Crippen molar-refractivity contribution in [1.29, 1.82) is 0 Å². The van der Waals surface area contributed by atoms with Crippen molar-refractivity contribution in [3.63, 3.8) is 0 Å². The number of amides is 2. The summed E-state index contributed by atoms with van der Waals surface area (Å²) in [5, 5.41) is 16.9. The zero-order valence-corrected chi connectivity index (χ0v) is 13.4. The van der Waals surface area contributed by atoms with E-state index in [9.17, 15) is 9.90 Å². The number of fused-ring (bicyclic) bond motifs is 1. The van der Waals surface area contributed by atoms with E-state index < -0.39 is 0 Å². The Labute approximate surface area is 138 Å². The number of aromatic hydroxyl groups is 1. The standard InChI is InChI=1S/C18H16N2O2S/c1-23-15-8-5-13(6-9-15)19-18(22)20-17-4-2-3-12-11-14(21)7-10-16(12)17/h2-11,21H,1H3,(H2,19,20,22). The normalized spacial score (nSPS) is 10.5. The van der Waals surface area contributed by atoms with Gasteiger partial charge in [-0.05, 0) is 60.2 Å². The molecular weight excluding hydrogens is 308 g/mol. The minimum absolute atomic E-state index is 0.202. The van der Waals surface area contributed by atoms with Crippen LogP contribution < -0.4 is 10.6 Å². The number of phenolic OH excluding ortho intramolecular Hbond substituents is 1. The number of hydrogen-bond donors (Lipinski definition) is 3. The van der Waals surface area contributed by atoms with Crippen LogP contribution in [0.5, 0.6) is 5.75 Å². The van der Waals surface area contributed by atoms with Crippen molar-refractivity contribution in [3.05, 3.63) is 60.7 Å². The fraction of sp³-hybridized carbons (Fsp3) is 0.0556. The Morgan fingerprint density at radius 2 is 1.78 bits per heavy atom. The molecule has 3 rings (SSSR count). The van der Waals surface area contributed by atoms with Crippen LogP contribution in [0, 0.1) is 0 Å². The van der Waals surface area contributed by atoms with E-state index in [0.717, 1.165) is 21.4 Å². The van der Waals surface area contributed by atoms with Crippen LogP contribution >= 0.6 is 11.8 Å². The summed E-state index contributed by atoms with van der Waals surface area (Å²) in [6.45, 7) is 0. The van der Waals surface area contributed by atoms with Gasteiger partial charge in [0.2, 0.25) is 0 Å². The average Bonchev–Trinajstić information content (AvgIpc) is 2.55. The molecule has 4 nitrogen and oxygen atoms in total. The third kappa shape index (κ3) is 3.57. The predicted molar refractivity (Wildman–Crippen MR) is 96.5 cm³/mol. The summed E-state index contributed by atoms with van der Waals surface area (Å²) in [5.74, 6) is 0.202. The molecule has 0 radical (unpaired) electrons. The van der Waals surface area contributed by atoms with Gasteiger partial charge in [-0.15, -0.1) is 11.8 Å². The number of urea groups is 1. The summed E-state index contributed by atoms with van der Waals surface area (Å²) in [5.41, 5.74) is 1.43. The quantitative estimate of drug-likeness (QED) is 0.600. The van der Waals surface area contributed by atoms with Gasteiger partial charge in [0.05, 0.1) is 5.69 Å². The van der Waals surface area contributed by atoms with Crippen molar-refractivity contribution in [2.75, 3.05) is 16.9 Å². The fourth-order valence-corrected chi connectivity index (χ4v) is 2.75. The Balaban J connectivity index is 1.77. The summed E-state index contributed by atoms with van der Waals surface area (Å²) in [7, 11) is 0. The molecule has 2 amide bonds. The molecule has 0 saturated carbocycles. The number of anilines is 2. The lowest BCUT2D eigenvalue weighted by atomic mass is 10.1. The maximum Gasteiger partial charge on any atom is 0.323 e. The maximum absolute atomic E-state index is 12.2. The molecule has 0 saturated heterocycles. The summed E-state index contributed by atoms with van der Waals surface area (Å²) in [6.07, 6.45) is 2.01. The molecule has 23 heavy (non-hydrogen) atoms. The molecule has 0 aliphatic heterocycles. The van der Waals surface area contributed by atoms with Crippen LogP contribution in [0.25, 0.3) is 10.8 Å². The van der Waals surface area contributed by atoms with Crippen LogP contribution in [0.2, 0.25) is 0 Å². The zero-order valence-electron chi connectivity index (χ0n) is 12.5. The van der Waals surface area contributed by atoms with Gasteiger partial charge in [0.15, 0.2) is 0 Å². The van der Waals surface area contributed by atoms with Gasteiger partial charge in [0, 0.05) is 16.0 Å². The van der Waals surface area contributed by atoms with Crippen LogP contribution in [0.15, 0.2) is 65.6 Å². The van der Waals surface area contributed by atoms with E-state index in [2.05, 4.69) is 10.6 Å². The molecule has 0 atom stereocenters. The third-order valence-electron chi connectivity index (χ3n) is 3.46. The molecule has 5 heteroatoms. The van der Waals surface area contributed by atoms with Crippen LogP contribution in [0.1, 0.15) is 0 Å². The van der Waals surface area contributed by atoms with Gasteiger partial charge in [0.25, 0.3) is 0 Å². The molecule has 3 aromatic rings. The van der Waals surface area contributed by atoms with Crippen molar-refractivity contribution in [1.82, 2.24) is 0 Å². The minimum Gasteiger partial charge on any atom is -0.508 e. The lowest BCUT2D eigenvalue weighted by molar-refractivity contribution is 0.262. The molecule has 116 valence electrons. The van der Waals surface area contributed by atoms with E-state index in [1.165, 1.54) is 0 Å². The first-order chi connectivity index (χ1) is 11.2. The Bertz CT molecular complexity index is 847. The first-order valence-electron chi connectivity index (χ1n) is 7.09. The molecule has 3 aromatic carbocycles. The molecule has 0 spiro atoms. The van der Waals surface area contributed by atoms with E-state index in [1.54, 1.807) is 30.0 Å². The van der Waals surface area contributed by atoms with Gasteiger partial charge in [-0.2, -0.15) is 0 Å². The van der Waals surface area contributed by atoms with Crippen molar-refractivity contribution in [3.8, 4) is 5.75 Å². The molecule has 0 aliphatic rings. The highest BCUT2D eigenvalue weighted by Crippen LogP contribution is 2.26. The van der Waals surface area contributed by atoms with Gasteiger partial charge < -0.3 is 15.7 Å². The Morgan fingerprint density at radius 1 is 1.00 bits per heavy atom. The predicted octanol–water partition coefficient (Wildman–Crippen LogP) is 4.91. The summed E-state index contributed by atoms with van der Waals surface area (Å²) < 4.78 is 0. The zero-order chi connectivity index (χ0) is 16.2. The van der Waals surface area contributed by atoms with Gasteiger partial charge in [-0.1, -0.05) is 12.1 Å². The van der Waals surface area contributed by atoms with Crippen molar-refractivity contribution in [2.45, 2.75) is 4.90 Å². The fourth-order valence-electron chi connectivity index (χ4n) is 2.34. The molecule has 0 fully saturated rings. The monoisotopic (exact) mass is 324 g/mol. The molecule has 0 unspecified atom stereocenters. The SMILES string of the molecule is CSc1ccc(NC(=O)Nc2cccc3cc(O)ccc23)cc1. The van der Waals surface area contributed by atoms with E-state index in [1.807, 2.05) is 48.7 Å². The van der Waals surface area contributed by atoms with Crippen LogP contribution in [-0.4, -0.2) is 17.4 Å². The van der Waals surface area contributed by atoms with Crippen LogP contribution in [0.3, 0.4) is 0 Å². The first-order valence-corrected chi connectivity index (χ1v) is 8.32. The maximum atomic E-state index is 12.2. The average molecular weight is 324 g/mol. The topological polar surface area (TPSA) is 61.4 Å². The Morgan fingerprint density at radius 3 is 2.52 bits per heavy atom. The van der Waals surface area contributed by atoms with Crippen molar-refractivity contribution >= 4 is 39.9 Å². The second-order valence-electron chi connectivity index (χ2n) is 5.02. The molecule has 0 aliphatic carbocycles. The molecule has 0 aromatic heterocycles. The number of carbonyl (C=O) groups excluding carboxylic acids is 1. The Hall–Kier alpha value is -2.66. The molecular formula is C18H16N2O2S. The lowest BCUT2D eigenvalue weighted by Crippen LogP contribution is -2.19. The lowest BCUT2D eigenvalue weighted by Gasteiger charge is -2.10. The van der Waals surface area contributed by atoms with E-state index >= 15 is 0 Å². The largest absolute Gasteiger partial charge is 0.508 e. The van der Waals surface area contributed by atoms with Gasteiger partial charge in [-0.25, -0.2) is 4.79 Å². The summed E-state index contributed by atoms with van der Waals surface area (Å²) in [6, 6.07) is 18.0. The van der Waals surface area contributed by atoms with Gasteiger partial charge in [-0.3, -0.25) is 0 Å². The molecule has 0 bridgehead atoms. The van der Waals surface area contributed by atoms with Crippen LogP contribution in [0.4, 0.5) is 16.2 Å². The van der Waals surface area contributed by atoms with E-state index in [-0.39, 0.29) is 11.8 Å². The smallest absolute Gasteiger partial charge is 0.323 e. The second-order valence-corrected chi connectivity index (χ2v) is 5.90. The van der Waals surface area contributed by atoms with E-state index in [4.69, 9.17) is 0 Å². The van der Waals surface area contributed by atoms with Crippen molar-refractivity contribution < 1.29 is 9.90 Å². The van der Waals surface area contributed by atoms with Gasteiger partial charge >= 0.3 is 6.03 Å². The number of thioether (sulfide) groups is 1. The summed E-state index contributed by atoms with van der Waals surface area (Å²) >= 11 is 1.65. The number of rotatable bonds is 3. The van der Waals surface area contributed by atoms with Crippen molar-refractivity contribution in [2.24, 2.45) is 0 Å². The Kier molecular flexibility index (Phi) is 4.39. The highest BCUT2D eigenvalue weighted by molar-refractivity contribution is 7.98. The van der Waals surface area contributed by atoms with E-state index in [0.29, 0.717) is 5.69 Å². The highest BCUT2D eigenvalue weighted by Gasteiger charge is 2.06. The number of benzene rings is 3.